The van der Waals surface area contributed by atoms with Crippen molar-refractivity contribution >= 4 is 51.0 Å². The van der Waals surface area contributed by atoms with Gasteiger partial charge in [0, 0.05) is 29.1 Å². The van der Waals surface area contributed by atoms with Crippen LogP contribution in [0.5, 0.6) is 0 Å². The smallest absolute Gasteiger partial charge is 0.322 e. The number of sulfonamides is 1. The maximum atomic E-state index is 12.6. The molecule has 3 rings (SSSR count). The molecule has 1 atom stereocenters. The van der Waals surface area contributed by atoms with Crippen LogP contribution >= 0.6 is 23.2 Å². The van der Waals surface area contributed by atoms with Crippen LogP contribution < -0.4 is 15.4 Å². The molecule has 0 aromatic heterocycles. The van der Waals surface area contributed by atoms with E-state index in [0.717, 1.165) is 16.7 Å². The third kappa shape index (κ3) is 7.15. The highest BCUT2D eigenvalue weighted by atomic mass is 35.5. The lowest BCUT2D eigenvalue weighted by Crippen LogP contribution is -2.42. The standard InChI is InChI=1S/C22H24Cl2N4O6S/c1-28-11-17(16-6-14(23)7-19(24)18(16)12-28)13-2-4-15(5-3-13)35(33,34)27-9-21(30)25-8-20(29)26-10-22(31)32/h2-7,17,27H,8-12H2,1H3,(H,25,30)(H,26,29)(H,31,32). The molecule has 4 N–H and O–H groups in total. The summed E-state index contributed by atoms with van der Waals surface area (Å²) in [6.07, 6.45) is 0. The van der Waals surface area contributed by atoms with E-state index in [1.54, 1.807) is 18.2 Å². The van der Waals surface area contributed by atoms with Gasteiger partial charge in [0.1, 0.15) is 6.54 Å². The van der Waals surface area contributed by atoms with Gasteiger partial charge in [0.05, 0.1) is 18.0 Å². The maximum absolute atomic E-state index is 12.6. The van der Waals surface area contributed by atoms with Crippen LogP contribution in [0.3, 0.4) is 0 Å². The number of rotatable bonds is 9. The van der Waals surface area contributed by atoms with E-state index in [9.17, 15) is 22.8 Å². The van der Waals surface area contributed by atoms with Gasteiger partial charge in [-0.3, -0.25) is 14.4 Å². The van der Waals surface area contributed by atoms with E-state index in [-0.39, 0.29) is 10.8 Å². The van der Waals surface area contributed by atoms with Crippen LogP contribution in [-0.4, -0.2) is 69.4 Å². The third-order valence-electron chi connectivity index (χ3n) is 5.39. The molecule has 1 unspecified atom stereocenters. The summed E-state index contributed by atoms with van der Waals surface area (Å²) in [5, 5.41) is 13.9. The van der Waals surface area contributed by atoms with Gasteiger partial charge in [0.25, 0.3) is 0 Å². The van der Waals surface area contributed by atoms with Crippen LogP contribution in [0.25, 0.3) is 0 Å². The predicted octanol–water partition coefficient (Wildman–Crippen LogP) is 1.17. The molecule has 1 aliphatic heterocycles. The SMILES string of the molecule is CN1Cc2c(Cl)cc(Cl)cc2C(c2ccc(S(=O)(=O)NCC(=O)NCC(=O)NCC(=O)O)cc2)C1. The van der Waals surface area contributed by atoms with Gasteiger partial charge in [-0.15, -0.1) is 0 Å². The van der Waals surface area contributed by atoms with E-state index >= 15 is 0 Å². The fraction of sp³-hybridized carbons (Fsp3) is 0.318. The highest BCUT2D eigenvalue weighted by molar-refractivity contribution is 7.89. The van der Waals surface area contributed by atoms with Crippen LogP contribution in [0.15, 0.2) is 41.3 Å². The van der Waals surface area contributed by atoms with Gasteiger partial charge in [0.15, 0.2) is 0 Å². The van der Waals surface area contributed by atoms with E-state index in [0.29, 0.717) is 23.1 Å². The Kier molecular flexibility index (Phi) is 8.73. The van der Waals surface area contributed by atoms with E-state index < -0.39 is 47.4 Å². The Balaban J connectivity index is 1.64. The minimum atomic E-state index is -3.99. The van der Waals surface area contributed by atoms with Gasteiger partial charge in [-0.25, -0.2) is 13.1 Å². The second-order valence-corrected chi connectivity index (χ2v) is 10.7. The number of likely N-dealkylation sites (N-methyl/N-ethyl adjacent to an activating group) is 1. The molecule has 2 aromatic carbocycles. The second-order valence-electron chi connectivity index (χ2n) is 8.05. The Morgan fingerprint density at radius 1 is 1.03 bits per heavy atom. The Hall–Kier alpha value is -2.70. The van der Waals surface area contributed by atoms with Crippen molar-refractivity contribution in [2.75, 3.05) is 33.2 Å². The van der Waals surface area contributed by atoms with Crippen molar-refractivity contribution in [3.05, 3.63) is 63.1 Å². The Bertz CT molecular complexity index is 1240. The number of carbonyl (C=O) groups is 3. The van der Waals surface area contributed by atoms with E-state index in [2.05, 4.69) is 20.3 Å². The quantitative estimate of drug-likeness (QED) is 0.372. The molecule has 0 saturated carbocycles. The molecule has 0 fully saturated rings. The Morgan fingerprint density at radius 2 is 1.66 bits per heavy atom. The van der Waals surface area contributed by atoms with Gasteiger partial charge in [-0.05, 0) is 48.0 Å². The zero-order valence-electron chi connectivity index (χ0n) is 18.7. The number of benzene rings is 2. The molecule has 1 aliphatic rings. The Morgan fingerprint density at radius 3 is 2.31 bits per heavy atom. The summed E-state index contributed by atoms with van der Waals surface area (Å²) in [6.45, 7) is -0.266. The van der Waals surface area contributed by atoms with Crippen molar-refractivity contribution in [3.63, 3.8) is 0 Å². The molecule has 13 heteroatoms. The number of nitrogens with one attached hydrogen (secondary N) is 3. The molecule has 0 spiro atoms. The molecule has 0 aliphatic carbocycles. The number of hydrogen-bond acceptors (Lipinski definition) is 6. The summed E-state index contributed by atoms with van der Waals surface area (Å²) in [4.78, 5) is 35.8. The molecule has 35 heavy (non-hydrogen) atoms. The van der Waals surface area contributed by atoms with Crippen molar-refractivity contribution in [2.24, 2.45) is 0 Å². The highest BCUT2D eigenvalue weighted by Gasteiger charge is 2.27. The van der Waals surface area contributed by atoms with Crippen molar-refractivity contribution in [3.8, 4) is 0 Å². The first-order valence-electron chi connectivity index (χ1n) is 10.5. The molecular weight excluding hydrogens is 519 g/mol. The normalized spacial score (nSPS) is 15.8. The minimum Gasteiger partial charge on any atom is -0.480 e. The molecule has 2 aromatic rings. The van der Waals surface area contributed by atoms with Gasteiger partial charge in [-0.1, -0.05) is 35.3 Å². The van der Waals surface area contributed by atoms with E-state index in [1.165, 1.54) is 12.1 Å². The number of fused-ring (bicyclic) bond motifs is 1. The van der Waals surface area contributed by atoms with E-state index in [4.69, 9.17) is 28.3 Å². The molecular formula is C22H24Cl2N4O6S. The average Bonchev–Trinajstić information content (AvgIpc) is 2.80. The van der Waals surface area contributed by atoms with Crippen LogP contribution in [0.2, 0.25) is 10.0 Å². The van der Waals surface area contributed by atoms with Crippen LogP contribution in [-0.2, 0) is 31.0 Å². The number of nitrogens with zero attached hydrogens (tertiary/aromatic N) is 1. The van der Waals surface area contributed by atoms with Gasteiger partial charge >= 0.3 is 5.97 Å². The zero-order chi connectivity index (χ0) is 25.8. The summed E-state index contributed by atoms with van der Waals surface area (Å²) >= 11 is 12.6. The summed E-state index contributed by atoms with van der Waals surface area (Å²) in [6, 6.07) is 9.92. The summed E-state index contributed by atoms with van der Waals surface area (Å²) in [5.41, 5.74) is 2.87. The molecule has 1 heterocycles. The van der Waals surface area contributed by atoms with E-state index in [1.807, 2.05) is 13.1 Å². The zero-order valence-corrected chi connectivity index (χ0v) is 21.0. The van der Waals surface area contributed by atoms with Gasteiger partial charge in [0.2, 0.25) is 21.8 Å². The molecule has 0 radical (unpaired) electrons. The first-order valence-corrected chi connectivity index (χ1v) is 12.7. The van der Waals surface area contributed by atoms with Crippen molar-refractivity contribution in [1.29, 1.82) is 0 Å². The monoisotopic (exact) mass is 542 g/mol. The number of hydrogen-bond donors (Lipinski definition) is 4. The third-order valence-corrected chi connectivity index (χ3v) is 7.36. The van der Waals surface area contributed by atoms with Crippen LogP contribution in [0, 0.1) is 0 Å². The summed E-state index contributed by atoms with van der Waals surface area (Å²) < 4.78 is 27.4. The summed E-state index contributed by atoms with van der Waals surface area (Å²) in [5.74, 6) is -2.73. The van der Waals surface area contributed by atoms with Crippen molar-refractivity contribution < 1.29 is 27.9 Å². The van der Waals surface area contributed by atoms with Crippen LogP contribution in [0.4, 0.5) is 0 Å². The lowest BCUT2D eigenvalue weighted by atomic mass is 9.85. The fourth-order valence-corrected chi connectivity index (χ4v) is 5.28. The number of aliphatic carboxylic acids is 1. The van der Waals surface area contributed by atoms with Crippen molar-refractivity contribution in [2.45, 2.75) is 17.4 Å². The number of amides is 2. The first-order chi connectivity index (χ1) is 16.5. The van der Waals surface area contributed by atoms with Gasteiger partial charge < -0.3 is 20.6 Å². The Labute approximate surface area is 212 Å². The fourth-order valence-electron chi connectivity index (χ4n) is 3.73. The lowest BCUT2D eigenvalue weighted by molar-refractivity contribution is -0.137. The predicted molar refractivity (Wildman–Crippen MR) is 130 cm³/mol. The molecule has 188 valence electrons. The summed E-state index contributed by atoms with van der Waals surface area (Å²) in [7, 11) is -2.01. The number of halogens is 2. The minimum absolute atomic E-state index is 0.0261. The molecule has 10 nitrogen and oxygen atoms in total. The number of carbonyl (C=O) groups excluding carboxylic acids is 2. The van der Waals surface area contributed by atoms with Gasteiger partial charge in [-0.2, -0.15) is 0 Å². The lowest BCUT2D eigenvalue weighted by Gasteiger charge is -2.33. The maximum Gasteiger partial charge on any atom is 0.322 e. The molecule has 2 amide bonds. The number of carboxylic acid groups (broad SMARTS) is 1. The first kappa shape index (κ1) is 26.9. The molecule has 0 saturated heterocycles. The highest BCUT2D eigenvalue weighted by Crippen LogP contribution is 2.38. The largest absolute Gasteiger partial charge is 0.480 e. The number of carboxylic acids is 1. The van der Waals surface area contributed by atoms with Crippen LogP contribution in [0.1, 0.15) is 22.6 Å². The average molecular weight is 543 g/mol. The second kappa shape index (κ2) is 11.4. The topological polar surface area (TPSA) is 145 Å². The van der Waals surface area contributed by atoms with Crippen molar-refractivity contribution in [1.82, 2.24) is 20.3 Å². The molecule has 0 bridgehead atoms.